The zero-order valence-electron chi connectivity index (χ0n) is 18.9. The van der Waals surface area contributed by atoms with Crippen LogP contribution in [0.4, 0.5) is 4.79 Å². The van der Waals surface area contributed by atoms with Crippen LogP contribution in [0.15, 0.2) is 97.3 Å². The highest BCUT2D eigenvalue weighted by atomic mass is 16.5. The average molecular weight is 465 g/mol. The predicted molar refractivity (Wildman–Crippen MR) is 133 cm³/mol. The topological polar surface area (TPSA) is 88.5 Å². The summed E-state index contributed by atoms with van der Waals surface area (Å²) in [5.74, 6) is -1.23. The number of carboxylic acids is 1. The number of rotatable bonds is 7. The molecule has 1 aromatic heterocycles. The van der Waals surface area contributed by atoms with Crippen LogP contribution in [-0.2, 0) is 16.0 Å². The van der Waals surface area contributed by atoms with Crippen molar-refractivity contribution in [2.24, 2.45) is 0 Å². The van der Waals surface area contributed by atoms with Crippen LogP contribution in [-0.4, -0.2) is 34.8 Å². The molecular formula is C29H24N2O4. The van der Waals surface area contributed by atoms with Crippen molar-refractivity contribution in [3.05, 3.63) is 114 Å². The van der Waals surface area contributed by atoms with Crippen LogP contribution < -0.4 is 5.32 Å². The van der Waals surface area contributed by atoms with Crippen LogP contribution in [0.2, 0.25) is 0 Å². The molecule has 2 N–H and O–H groups in total. The summed E-state index contributed by atoms with van der Waals surface area (Å²) >= 11 is 0. The van der Waals surface area contributed by atoms with Gasteiger partial charge in [0.2, 0.25) is 0 Å². The molecule has 35 heavy (non-hydrogen) atoms. The Balaban J connectivity index is 1.26. The Hall–Kier alpha value is -4.45. The SMILES string of the molecule is O=C(N[C@H](Cc1cncc(-c2ccccc2)c1)C(=O)O)OCC1c2ccccc2-c2ccccc21. The fraction of sp³-hybridized carbons (Fsp3) is 0.138. The second-order valence-corrected chi connectivity index (χ2v) is 8.51. The molecule has 6 nitrogen and oxygen atoms in total. The van der Waals surface area contributed by atoms with E-state index in [-0.39, 0.29) is 18.9 Å². The summed E-state index contributed by atoms with van der Waals surface area (Å²) in [6, 6.07) is 26.6. The number of carbonyl (C=O) groups excluding carboxylic acids is 1. The molecular weight excluding hydrogens is 440 g/mol. The van der Waals surface area contributed by atoms with Gasteiger partial charge in [0.25, 0.3) is 0 Å². The lowest BCUT2D eigenvalue weighted by Crippen LogP contribution is -2.42. The molecule has 0 aliphatic heterocycles. The maximum Gasteiger partial charge on any atom is 0.407 e. The van der Waals surface area contributed by atoms with E-state index in [9.17, 15) is 14.7 Å². The van der Waals surface area contributed by atoms with E-state index in [0.717, 1.165) is 33.4 Å². The summed E-state index contributed by atoms with van der Waals surface area (Å²) in [5, 5.41) is 12.2. The standard InChI is InChI=1S/C29H24N2O4/c32-28(33)27(15-19-14-21(17-30-16-19)20-8-2-1-3-9-20)31-29(34)35-18-26-24-12-6-4-10-22(24)23-11-5-7-13-25(23)26/h1-14,16-17,26-27H,15,18H2,(H,31,34)(H,32,33)/t27-/m1/s1. The molecule has 4 aromatic rings. The van der Waals surface area contributed by atoms with E-state index in [2.05, 4.69) is 22.4 Å². The number of ether oxygens (including phenoxy) is 1. The highest BCUT2D eigenvalue weighted by Crippen LogP contribution is 2.44. The Morgan fingerprint density at radius 3 is 2.14 bits per heavy atom. The first kappa shape index (κ1) is 22.3. The van der Waals surface area contributed by atoms with Crippen molar-refractivity contribution in [1.29, 1.82) is 0 Å². The number of aliphatic carboxylic acids is 1. The highest BCUT2D eigenvalue weighted by Gasteiger charge is 2.29. The zero-order valence-corrected chi connectivity index (χ0v) is 18.9. The molecule has 1 amide bonds. The fourth-order valence-corrected chi connectivity index (χ4v) is 4.61. The molecule has 0 fully saturated rings. The number of amides is 1. The molecule has 0 unspecified atom stereocenters. The van der Waals surface area contributed by atoms with Gasteiger partial charge in [-0.1, -0.05) is 78.9 Å². The van der Waals surface area contributed by atoms with Gasteiger partial charge in [-0.15, -0.1) is 0 Å². The van der Waals surface area contributed by atoms with E-state index in [1.54, 1.807) is 12.4 Å². The smallest absolute Gasteiger partial charge is 0.407 e. The number of aromatic nitrogens is 1. The van der Waals surface area contributed by atoms with Gasteiger partial charge in [-0.05, 0) is 39.4 Å². The molecule has 0 saturated heterocycles. The number of pyridine rings is 1. The molecule has 0 bridgehead atoms. The van der Waals surface area contributed by atoms with E-state index in [1.165, 1.54) is 0 Å². The predicted octanol–water partition coefficient (Wildman–Crippen LogP) is 5.28. The van der Waals surface area contributed by atoms with Crippen molar-refractivity contribution in [2.45, 2.75) is 18.4 Å². The summed E-state index contributed by atoms with van der Waals surface area (Å²) in [6.45, 7) is 0.122. The summed E-state index contributed by atoms with van der Waals surface area (Å²) < 4.78 is 5.52. The van der Waals surface area contributed by atoms with Crippen molar-refractivity contribution >= 4 is 12.1 Å². The number of alkyl carbamates (subject to hydrolysis) is 1. The first-order valence-electron chi connectivity index (χ1n) is 11.4. The molecule has 5 rings (SSSR count). The van der Waals surface area contributed by atoms with Gasteiger partial charge in [-0.2, -0.15) is 0 Å². The van der Waals surface area contributed by atoms with Crippen LogP contribution >= 0.6 is 0 Å². The van der Waals surface area contributed by atoms with Gasteiger partial charge in [-0.3, -0.25) is 4.98 Å². The van der Waals surface area contributed by atoms with Gasteiger partial charge in [0, 0.05) is 30.3 Å². The molecule has 6 heteroatoms. The Morgan fingerprint density at radius 1 is 0.857 bits per heavy atom. The van der Waals surface area contributed by atoms with Gasteiger partial charge in [0.1, 0.15) is 12.6 Å². The molecule has 174 valence electrons. The number of carbonyl (C=O) groups is 2. The lowest BCUT2D eigenvalue weighted by Gasteiger charge is -2.17. The number of nitrogens with zero attached hydrogens (tertiary/aromatic N) is 1. The lowest BCUT2D eigenvalue weighted by atomic mass is 9.98. The quantitative estimate of drug-likeness (QED) is 0.388. The van der Waals surface area contributed by atoms with Crippen LogP contribution in [0.5, 0.6) is 0 Å². The third-order valence-corrected chi connectivity index (χ3v) is 6.28. The number of nitrogens with one attached hydrogen (secondary N) is 1. The number of hydrogen-bond donors (Lipinski definition) is 2. The molecule has 1 heterocycles. The van der Waals surface area contributed by atoms with Crippen LogP contribution in [0.3, 0.4) is 0 Å². The van der Waals surface area contributed by atoms with Gasteiger partial charge in [0.15, 0.2) is 0 Å². The van der Waals surface area contributed by atoms with Gasteiger partial charge < -0.3 is 15.2 Å². The van der Waals surface area contributed by atoms with E-state index in [4.69, 9.17) is 4.74 Å². The largest absolute Gasteiger partial charge is 0.480 e. The molecule has 0 saturated carbocycles. The maximum atomic E-state index is 12.6. The van der Waals surface area contributed by atoms with Gasteiger partial charge in [0.05, 0.1) is 0 Å². The molecule has 1 aliphatic carbocycles. The monoisotopic (exact) mass is 464 g/mol. The molecule has 0 spiro atoms. The van der Waals surface area contributed by atoms with Crippen molar-refractivity contribution < 1.29 is 19.4 Å². The highest BCUT2D eigenvalue weighted by molar-refractivity contribution is 5.81. The normalized spacial score (nSPS) is 12.9. The Labute approximate surface area is 203 Å². The molecule has 3 aromatic carbocycles. The van der Waals surface area contributed by atoms with E-state index >= 15 is 0 Å². The minimum absolute atomic E-state index is 0.0905. The van der Waals surface area contributed by atoms with Crippen LogP contribution in [0.25, 0.3) is 22.3 Å². The summed E-state index contributed by atoms with van der Waals surface area (Å²) in [5.41, 5.74) is 7.03. The first-order chi connectivity index (χ1) is 17.1. The molecule has 1 aliphatic rings. The van der Waals surface area contributed by atoms with Gasteiger partial charge >= 0.3 is 12.1 Å². The number of hydrogen-bond acceptors (Lipinski definition) is 4. The van der Waals surface area contributed by atoms with Crippen LogP contribution in [0.1, 0.15) is 22.6 Å². The summed E-state index contributed by atoms with van der Waals surface area (Å²) in [4.78, 5) is 28.7. The number of carboxylic acid groups (broad SMARTS) is 1. The second-order valence-electron chi connectivity index (χ2n) is 8.51. The first-order valence-corrected chi connectivity index (χ1v) is 11.4. The third kappa shape index (κ3) is 4.77. The maximum absolute atomic E-state index is 12.6. The fourth-order valence-electron chi connectivity index (χ4n) is 4.61. The Kier molecular flexibility index (Phi) is 6.26. The van der Waals surface area contributed by atoms with Crippen LogP contribution in [0, 0.1) is 0 Å². The van der Waals surface area contributed by atoms with Crippen molar-refractivity contribution in [2.75, 3.05) is 6.61 Å². The second kappa shape index (κ2) is 9.81. The minimum atomic E-state index is -1.14. The minimum Gasteiger partial charge on any atom is -0.480 e. The van der Waals surface area contributed by atoms with E-state index in [1.807, 2.05) is 72.8 Å². The zero-order chi connectivity index (χ0) is 24.2. The Morgan fingerprint density at radius 2 is 1.49 bits per heavy atom. The van der Waals surface area contributed by atoms with Crippen molar-refractivity contribution in [1.82, 2.24) is 10.3 Å². The number of benzene rings is 3. The van der Waals surface area contributed by atoms with Crippen molar-refractivity contribution in [3.8, 4) is 22.3 Å². The Bertz CT molecular complexity index is 1320. The average Bonchev–Trinajstić information content (AvgIpc) is 3.21. The van der Waals surface area contributed by atoms with E-state index in [0.29, 0.717) is 5.56 Å². The van der Waals surface area contributed by atoms with Gasteiger partial charge in [-0.25, -0.2) is 9.59 Å². The summed E-state index contributed by atoms with van der Waals surface area (Å²) in [7, 11) is 0. The molecule has 0 radical (unpaired) electrons. The lowest BCUT2D eigenvalue weighted by molar-refractivity contribution is -0.139. The van der Waals surface area contributed by atoms with E-state index < -0.39 is 18.1 Å². The third-order valence-electron chi connectivity index (χ3n) is 6.28. The number of fused-ring (bicyclic) bond motifs is 3. The summed E-state index contributed by atoms with van der Waals surface area (Å²) in [6.07, 6.45) is 2.68. The van der Waals surface area contributed by atoms with Crippen molar-refractivity contribution in [3.63, 3.8) is 0 Å². The molecule has 1 atom stereocenters.